The number of unbranched alkanes of at least 4 members (excludes halogenated alkanes) is 3. The Hall–Kier alpha value is -1.65. The molecule has 2 aliphatic rings. The highest BCUT2D eigenvalue weighted by Gasteiger charge is 2.37. The SMILES string of the molecule is CCCCCC[C@@H]1c2ccccc2C=CC(=O)N1N1CCC[C@H]1COC. The molecule has 0 N–H and O–H groups in total. The second kappa shape index (κ2) is 9.33. The molecule has 1 aromatic carbocycles. The first-order valence-electron chi connectivity index (χ1n) is 10.1. The molecule has 2 atom stereocenters. The minimum Gasteiger partial charge on any atom is -0.383 e. The molecule has 2 heterocycles. The fourth-order valence-corrected chi connectivity index (χ4v) is 4.30. The molecule has 1 amide bonds. The van der Waals surface area contributed by atoms with Gasteiger partial charge in [0.25, 0.3) is 5.91 Å². The van der Waals surface area contributed by atoms with Gasteiger partial charge in [0.15, 0.2) is 0 Å². The third-order valence-corrected chi connectivity index (χ3v) is 5.59. The summed E-state index contributed by atoms with van der Waals surface area (Å²) in [5.41, 5.74) is 2.44. The number of rotatable bonds is 8. The average Bonchev–Trinajstić information content (AvgIpc) is 3.05. The Balaban J connectivity index is 1.90. The Morgan fingerprint density at radius 1 is 1.15 bits per heavy atom. The van der Waals surface area contributed by atoms with Crippen molar-refractivity contribution in [2.75, 3.05) is 20.3 Å². The van der Waals surface area contributed by atoms with Crippen molar-refractivity contribution in [3.8, 4) is 0 Å². The standard InChI is InChI=1S/C22H32N2O2/c1-3-4-5-6-13-21-20-12-8-7-10-18(20)14-15-22(25)24(21)23-16-9-11-19(23)17-26-2/h7-8,10,12,14-15,19,21H,3-6,9,11,13,16-17H2,1-2H3/t19-,21+/m0/s1. The maximum Gasteiger partial charge on any atom is 0.261 e. The van der Waals surface area contributed by atoms with E-state index in [1.165, 1.54) is 30.4 Å². The van der Waals surface area contributed by atoms with Gasteiger partial charge in [-0.1, -0.05) is 56.9 Å². The van der Waals surface area contributed by atoms with E-state index in [2.05, 4.69) is 36.2 Å². The zero-order chi connectivity index (χ0) is 18.4. The van der Waals surface area contributed by atoms with Crippen LogP contribution in [-0.4, -0.2) is 42.2 Å². The quantitative estimate of drug-likeness (QED) is 0.639. The molecule has 0 bridgehead atoms. The molecule has 1 aromatic rings. The van der Waals surface area contributed by atoms with E-state index in [4.69, 9.17) is 4.74 Å². The van der Waals surface area contributed by atoms with Crippen LogP contribution < -0.4 is 0 Å². The Kier molecular flexibility index (Phi) is 6.86. The van der Waals surface area contributed by atoms with E-state index >= 15 is 0 Å². The molecule has 3 rings (SSSR count). The first kappa shape index (κ1) is 19.1. The lowest BCUT2D eigenvalue weighted by molar-refractivity contribution is -0.155. The number of amides is 1. The highest BCUT2D eigenvalue weighted by Crippen LogP contribution is 2.36. The van der Waals surface area contributed by atoms with Gasteiger partial charge in [-0.25, -0.2) is 5.01 Å². The smallest absolute Gasteiger partial charge is 0.261 e. The largest absolute Gasteiger partial charge is 0.383 e. The maximum atomic E-state index is 13.1. The maximum absolute atomic E-state index is 13.1. The van der Waals surface area contributed by atoms with E-state index in [-0.39, 0.29) is 11.9 Å². The monoisotopic (exact) mass is 356 g/mol. The molecule has 4 heteroatoms. The van der Waals surface area contributed by atoms with Crippen LogP contribution in [-0.2, 0) is 9.53 Å². The van der Waals surface area contributed by atoms with Crippen LogP contribution in [0.4, 0.5) is 0 Å². The van der Waals surface area contributed by atoms with Gasteiger partial charge >= 0.3 is 0 Å². The van der Waals surface area contributed by atoms with Gasteiger partial charge in [0.2, 0.25) is 0 Å². The van der Waals surface area contributed by atoms with Crippen LogP contribution >= 0.6 is 0 Å². The van der Waals surface area contributed by atoms with Crippen LogP contribution in [0.3, 0.4) is 0 Å². The van der Waals surface area contributed by atoms with Crippen LogP contribution in [0.25, 0.3) is 6.08 Å². The lowest BCUT2D eigenvalue weighted by atomic mass is 9.95. The van der Waals surface area contributed by atoms with E-state index < -0.39 is 0 Å². The molecular formula is C22H32N2O2. The summed E-state index contributed by atoms with van der Waals surface area (Å²) in [6.45, 7) is 3.85. The molecule has 2 aliphatic heterocycles. The summed E-state index contributed by atoms with van der Waals surface area (Å²) in [7, 11) is 1.75. The number of benzene rings is 1. The summed E-state index contributed by atoms with van der Waals surface area (Å²) in [6, 6.07) is 8.87. The van der Waals surface area contributed by atoms with Crippen molar-refractivity contribution in [1.82, 2.24) is 10.0 Å². The summed E-state index contributed by atoms with van der Waals surface area (Å²) < 4.78 is 5.43. The lowest BCUT2D eigenvalue weighted by Gasteiger charge is -2.41. The number of hydrazine groups is 1. The van der Waals surface area contributed by atoms with E-state index in [9.17, 15) is 4.79 Å². The predicted octanol–water partition coefficient (Wildman–Crippen LogP) is 4.58. The van der Waals surface area contributed by atoms with E-state index in [0.717, 1.165) is 32.2 Å². The molecule has 142 valence electrons. The topological polar surface area (TPSA) is 32.8 Å². The van der Waals surface area contributed by atoms with Crippen LogP contribution in [0, 0.1) is 0 Å². The molecule has 26 heavy (non-hydrogen) atoms. The van der Waals surface area contributed by atoms with Crippen LogP contribution in [0.15, 0.2) is 30.3 Å². The molecule has 4 nitrogen and oxygen atoms in total. The van der Waals surface area contributed by atoms with Crippen molar-refractivity contribution in [3.05, 3.63) is 41.5 Å². The molecule has 0 spiro atoms. The van der Waals surface area contributed by atoms with Crippen molar-refractivity contribution >= 4 is 12.0 Å². The highest BCUT2D eigenvalue weighted by atomic mass is 16.5. The lowest BCUT2D eigenvalue weighted by Crippen LogP contribution is -2.51. The summed E-state index contributed by atoms with van der Waals surface area (Å²) in [4.78, 5) is 13.1. The van der Waals surface area contributed by atoms with E-state index in [1.54, 1.807) is 13.2 Å². The molecule has 0 aromatic heterocycles. The Morgan fingerprint density at radius 2 is 2.00 bits per heavy atom. The molecule has 0 saturated carbocycles. The molecule has 0 aliphatic carbocycles. The van der Waals surface area contributed by atoms with E-state index in [0.29, 0.717) is 12.6 Å². The van der Waals surface area contributed by atoms with Crippen molar-refractivity contribution in [3.63, 3.8) is 0 Å². The summed E-state index contributed by atoms with van der Waals surface area (Å²) in [5, 5.41) is 4.33. The van der Waals surface area contributed by atoms with Crippen molar-refractivity contribution in [1.29, 1.82) is 0 Å². The molecule has 1 fully saturated rings. The fourth-order valence-electron chi connectivity index (χ4n) is 4.30. The van der Waals surface area contributed by atoms with Crippen LogP contribution in [0.2, 0.25) is 0 Å². The van der Waals surface area contributed by atoms with Crippen molar-refractivity contribution < 1.29 is 9.53 Å². The summed E-state index contributed by atoms with van der Waals surface area (Å²) >= 11 is 0. The summed E-state index contributed by atoms with van der Waals surface area (Å²) in [6.07, 6.45) is 11.8. The van der Waals surface area contributed by atoms with Crippen molar-refractivity contribution in [2.24, 2.45) is 0 Å². The number of carbonyl (C=O) groups is 1. The third kappa shape index (κ3) is 4.18. The van der Waals surface area contributed by atoms with Crippen LogP contribution in [0.5, 0.6) is 0 Å². The zero-order valence-electron chi connectivity index (χ0n) is 16.2. The second-order valence-electron chi connectivity index (χ2n) is 7.42. The van der Waals surface area contributed by atoms with Gasteiger partial charge in [-0.15, -0.1) is 0 Å². The minimum absolute atomic E-state index is 0.102. The molecular weight excluding hydrogens is 324 g/mol. The first-order valence-corrected chi connectivity index (χ1v) is 10.1. The number of nitrogens with zero attached hydrogens (tertiary/aromatic N) is 2. The normalized spacial score (nSPS) is 23.3. The number of methoxy groups -OCH3 is 1. The Bertz CT molecular complexity index is 628. The third-order valence-electron chi connectivity index (χ3n) is 5.59. The Morgan fingerprint density at radius 3 is 2.81 bits per heavy atom. The average molecular weight is 357 g/mol. The second-order valence-corrected chi connectivity index (χ2v) is 7.42. The molecule has 0 radical (unpaired) electrons. The number of hydrogen-bond donors (Lipinski definition) is 0. The van der Waals surface area contributed by atoms with Gasteiger partial charge in [0.1, 0.15) is 0 Å². The fraction of sp³-hybridized carbons (Fsp3) is 0.591. The van der Waals surface area contributed by atoms with Crippen LogP contribution in [0.1, 0.15) is 69.0 Å². The van der Waals surface area contributed by atoms with Gasteiger partial charge < -0.3 is 4.74 Å². The van der Waals surface area contributed by atoms with Gasteiger partial charge in [-0.05, 0) is 36.5 Å². The first-order chi connectivity index (χ1) is 12.8. The number of hydrogen-bond acceptors (Lipinski definition) is 3. The van der Waals surface area contributed by atoms with Crippen molar-refractivity contribution in [2.45, 2.75) is 64.0 Å². The van der Waals surface area contributed by atoms with Gasteiger partial charge in [-0.2, -0.15) is 0 Å². The van der Waals surface area contributed by atoms with E-state index in [1.807, 2.05) is 11.1 Å². The van der Waals surface area contributed by atoms with Gasteiger partial charge in [-0.3, -0.25) is 9.80 Å². The number of fused-ring (bicyclic) bond motifs is 1. The summed E-state index contributed by atoms with van der Waals surface area (Å²) in [5.74, 6) is 0.102. The minimum atomic E-state index is 0.102. The predicted molar refractivity (Wildman–Crippen MR) is 105 cm³/mol. The molecule has 0 unspecified atom stereocenters. The Labute approximate surface area is 157 Å². The zero-order valence-corrected chi connectivity index (χ0v) is 16.2. The van der Waals surface area contributed by atoms with Gasteiger partial charge in [0.05, 0.1) is 18.7 Å². The number of carbonyl (C=O) groups excluding carboxylic acids is 1. The van der Waals surface area contributed by atoms with Gasteiger partial charge in [0, 0.05) is 19.7 Å². The number of ether oxygens (including phenoxy) is 1. The molecule has 1 saturated heterocycles. The highest BCUT2D eigenvalue weighted by molar-refractivity contribution is 5.93.